The van der Waals surface area contributed by atoms with Gasteiger partial charge in [-0.15, -0.1) is 0 Å². The number of rotatable bonds is 8. The maximum atomic E-state index is 12.4. The molecule has 0 amide bonds. The van der Waals surface area contributed by atoms with Crippen molar-refractivity contribution in [1.29, 1.82) is 0 Å². The zero-order valence-electron chi connectivity index (χ0n) is 17.8. The molecule has 0 bridgehead atoms. The molecule has 168 valence electrons. The summed E-state index contributed by atoms with van der Waals surface area (Å²) in [7, 11) is -2.52. The lowest BCUT2D eigenvalue weighted by Gasteiger charge is -2.40. The van der Waals surface area contributed by atoms with Crippen LogP contribution >= 0.6 is 8.60 Å². The summed E-state index contributed by atoms with van der Waals surface area (Å²) < 4.78 is 14.6. The van der Waals surface area contributed by atoms with Gasteiger partial charge in [0.05, 0.1) is 19.3 Å². The van der Waals surface area contributed by atoms with E-state index in [1.54, 1.807) is 26.0 Å². The molecule has 1 aliphatic carbocycles. The predicted molar refractivity (Wildman–Crippen MR) is 109 cm³/mol. The van der Waals surface area contributed by atoms with Gasteiger partial charge in [-0.1, -0.05) is 0 Å². The molecule has 1 heterocycles. The Morgan fingerprint density at radius 3 is 1.93 bits per heavy atom. The Morgan fingerprint density at radius 2 is 1.50 bits per heavy atom. The first-order chi connectivity index (χ1) is 14.3. The molecule has 2 N–H and O–H groups in total. The van der Waals surface area contributed by atoms with Crippen molar-refractivity contribution in [2.75, 3.05) is 13.2 Å². The molecule has 1 aliphatic heterocycles. The largest absolute Gasteiger partial charge is 0.462 e. The van der Waals surface area contributed by atoms with Gasteiger partial charge in [-0.3, -0.25) is 0 Å². The molecule has 2 aliphatic rings. The van der Waals surface area contributed by atoms with Crippen molar-refractivity contribution in [1.82, 2.24) is 4.90 Å². The number of carbonyl (C=O) groups is 2. The summed E-state index contributed by atoms with van der Waals surface area (Å²) in [5.41, 5.74) is 2.19. The minimum absolute atomic E-state index is 0.101. The first kappa shape index (κ1) is 24.5. The van der Waals surface area contributed by atoms with Crippen molar-refractivity contribution in [3.8, 4) is 0 Å². The van der Waals surface area contributed by atoms with E-state index < -0.39 is 20.5 Å². The summed E-state index contributed by atoms with van der Waals surface area (Å²) in [6, 6.07) is 0.220. The van der Waals surface area contributed by atoms with Crippen LogP contribution in [0.25, 0.3) is 0 Å². The molecule has 0 unspecified atom stereocenters. The molecule has 30 heavy (non-hydrogen) atoms. The first-order valence-corrected chi connectivity index (χ1v) is 11.2. The average molecular weight is 443 g/mol. The number of carbonyl (C=O) groups excluding carboxylic acids is 2. The molecule has 1 saturated carbocycles. The molecule has 10 heteroatoms. The Hall–Kier alpha value is -1.77. The van der Waals surface area contributed by atoms with E-state index in [1.807, 2.05) is 13.8 Å². The second kappa shape index (κ2) is 11.6. The molecular formula is C20H30NO8P. The van der Waals surface area contributed by atoms with E-state index in [9.17, 15) is 9.59 Å². The summed E-state index contributed by atoms with van der Waals surface area (Å²) in [6.45, 7) is 7.56. The molecule has 0 aromatic carbocycles. The van der Waals surface area contributed by atoms with Crippen LogP contribution in [0, 0.1) is 0 Å². The molecule has 9 nitrogen and oxygen atoms in total. The quantitative estimate of drug-likeness (QED) is 0.111. The van der Waals surface area contributed by atoms with E-state index in [2.05, 4.69) is 9.57 Å². The second-order valence-corrected chi connectivity index (χ2v) is 7.72. The number of esters is 2. The maximum absolute atomic E-state index is 12.4. The van der Waals surface area contributed by atoms with E-state index in [1.165, 1.54) is 0 Å². The maximum Gasteiger partial charge on any atom is 0.357 e. The van der Waals surface area contributed by atoms with E-state index in [0.717, 1.165) is 24.2 Å². The van der Waals surface area contributed by atoms with Gasteiger partial charge in [-0.25, -0.2) is 14.5 Å². The molecule has 2 rings (SSSR count). The van der Waals surface area contributed by atoms with Crippen molar-refractivity contribution in [2.45, 2.75) is 65.5 Å². The summed E-state index contributed by atoms with van der Waals surface area (Å²) in [5.74, 6) is -1.39. The van der Waals surface area contributed by atoms with Crippen LogP contribution in [0.2, 0.25) is 0 Å². The molecule has 0 aromatic heterocycles. The topological polar surface area (TPSA) is 115 Å². The van der Waals surface area contributed by atoms with Crippen molar-refractivity contribution < 1.29 is 38.4 Å². The summed E-state index contributed by atoms with van der Waals surface area (Å²) in [4.78, 5) is 49.6. The third-order valence-electron chi connectivity index (χ3n) is 4.99. The van der Waals surface area contributed by atoms with E-state index >= 15 is 0 Å². The Kier molecular flexibility index (Phi) is 9.45. The Bertz CT molecular complexity index is 680. The third kappa shape index (κ3) is 6.36. The van der Waals surface area contributed by atoms with Crippen LogP contribution in [-0.4, -0.2) is 52.0 Å². The van der Waals surface area contributed by atoms with Crippen LogP contribution in [0.3, 0.4) is 0 Å². The molecule has 0 aromatic rings. The highest BCUT2D eigenvalue weighted by Crippen LogP contribution is 2.35. The van der Waals surface area contributed by atoms with Gasteiger partial charge < -0.3 is 24.2 Å². The molecule has 1 fully saturated rings. The van der Waals surface area contributed by atoms with Crippen molar-refractivity contribution in [3.05, 3.63) is 34.7 Å². The van der Waals surface area contributed by atoms with Gasteiger partial charge in [0, 0.05) is 17.4 Å². The fourth-order valence-corrected chi connectivity index (χ4v) is 4.05. The van der Waals surface area contributed by atoms with Crippen molar-refractivity contribution in [3.63, 3.8) is 0 Å². The fourth-order valence-electron chi connectivity index (χ4n) is 3.85. The lowest BCUT2D eigenvalue weighted by molar-refractivity contribution is -0.257. The van der Waals surface area contributed by atoms with Crippen LogP contribution in [0.15, 0.2) is 34.7 Å². The second-order valence-electron chi connectivity index (χ2n) is 7.07. The minimum Gasteiger partial charge on any atom is -0.462 e. The standard InChI is InChI=1S/C20H30NO8P/c1-5-26-19(22)18(20(23)27-6-2)15-11-13(3)21(14(4)12-15)16-7-9-17(10-8-16)28-29-30(24)25/h11-12,16-17,24-25H,5-10H2,1-4H3. The molecule has 0 atom stereocenters. The number of nitrogens with zero attached hydrogens (tertiary/aromatic N) is 1. The Morgan fingerprint density at radius 1 is 1.00 bits per heavy atom. The lowest BCUT2D eigenvalue weighted by Crippen LogP contribution is -2.38. The fraction of sp³-hybridized carbons (Fsp3) is 0.600. The van der Waals surface area contributed by atoms with Gasteiger partial charge in [0.15, 0.2) is 5.57 Å². The number of allylic oxidation sites excluding steroid dienone is 5. The molecule has 0 saturated heterocycles. The summed E-state index contributed by atoms with van der Waals surface area (Å²) in [5, 5.41) is 0. The highest BCUT2D eigenvalue weighted by atomic mass is 31.2. The molecule has 0 spiro atoms. The lowest BCUT2D eigenvalue weighted by atomic mass is 9.90. The number of hydrogen-bond donors (Lipinski definition) is 2. The summed E-state index contributed by atoms with van der Waals surface area (Å²) in [6.07, 6.45) is 6.48. The zero-order valence-corrected chi connectivity index (χ0v) is 18.7. The van der Waals surface area contributed by atoms with Gasteiger partial charge in [0.2, 0.25) is 0 Å². The summed E-state index contributed by atoms with van der Waals surface area (Å²) >= 11 is 0. The third-order valence-corrected chi connectivity index (χ3v) is 5.21. The highest BCUT2D eigenvalue weighted by Gasteiger charge is 2.32. The normalized spacial score (nSPS) is 21.8. The van der Waals surface area contributed by atoms with E-state index in [0.29, 0.717) is 18.4 Å². The zero-order chi connectivity index (χ0) is 22.3. The van der Waals surface area contributed by atoms with Gasteiger partial charge in [-0.2, -0.15) is 4.67 Å². The van der Waals surface area contributed by atoms with Crippen LogP contribution in [-0.2, 0) is 28.6 Å². The van der Waals surface area contributed by atoms with Gasteiger partial charge in [0.25, 0.3) is 0 Å². The number of hydrogen-bond acceptors (Lipinski definition) is 9. The molecular weight excluding hydrogens is 413 g/mol. The first-order valence-electron chi connectivity index (χ1n) is 10.0. The van der Waals surface area contributed by atoms with E-state index in [4.69, 9.17) is 24.1 Å². The van der Waals surface area contributed by atoms with Crippen LogP contribution < -0.4 is 0 Å². The van der Waals surface area contributed by atoms with Crippen LogP contribution in [0.4, 0.5) is 0 Å². The Labute approximate surface area is 177 Å². The molecule has 0 radical (unpaired) electrons. The SMILES string of the molecule is CCOC(=O)C(C(=O)OCC)=C1C=C(C)N(C2CCC(OOP(O)O)CC2)C(C)=C1. The van der Waals surface area contributed by atoms with Crippen LogP contribution in [0.1, 0.15) is 53.4 Å². The van der Waals surface area contributed by atoms with E-state index in [-0.39, 0.29) is 30.9 Å². The van der Waals surface area contributed by atoms with Gasteiger partial charge in [-0.05, 0) is 71.1 Å². The highest BCUT2D eigenvalue weighted by molar-refractivity contribution is 7.39. The monoisotopic (exact) mass is 443 g/mol. The number of ether oxygens (including phenoxy) is 2. The van der Waals surface area contributed by atoms with Gasteiger partial charge in [0.1, 0.15) is 0 Å². The minimum atomic E-state index is -2.52. The van der Waals surface area contributed by atoms with Crippen molar-refractivity contribution >= 4 is 20.5 Å². The smallest absolute Gasteiger partial charge is 0.357 e. The van der Waals surface area contributed by atoms with Crippen LogP contribution in [0.5, 0.6) is 0 Å². The Balaban J connectivity index is 2.18. The van der Waals surface area contributed by atoms with Crippen molar-refractivity contribution in [2.24, 2.45) is 0 Å². The predicted octanol–water partition coefficient (Wildman–Crippen LogP) is 3.00. The average Bonchev–Trinajstić information content (AvgIpc) is 2.67. The van der Waals surface area contributed by atoms with Gasteiger partial charge >= 0.3 is 20.5 Å².